The van der Waals surface area contributed by atoms with Gasteiger partial charge >= 0.3 is 12.2 Å². The van der Waals surface area contributed by atoms with Crippen LogP contribution in [-0.2, 0) is 32.0 Å². The third-order valence-corrected chi connectivity index (χ3v) is 9.54. The van der Waals surface area contributed by atoms with E-state index in [1.807, 2.05) is 82.3 Å². The van der Waals surface area contributed by atoms with E-state index < -0.39 is 48.2 Å². The first-order valence-electron chi connectivity index (χ1n) is 16.7. The van der Waals surface area contributed by atoms with Crippen LogP contribution in [0.1, 0.15) is 51.7 Å². The Morgan fingerprint density at radius 2 is 1.40 bits per heavy atom. The number of amides is 4. The van der Waals surface area contributed by atoms with Crippen molar-refractivity contribution in [3.8, 4) is 10.4 Å². The molecule has 0 saturated heterocycles. The van der Waals surface area contributed by atoms with Gasteiger partial charge in [0, 0.05) is 19.3 Å². The molecule has 5 N–H and O–H groups in total. The number of alkyl carbamates (subject to hydrolysis) is 2. The molecule has 0 aliphatic carbocycles. The normalized spacial score (nSPS) is 14.7. The first-order valence-corrected chi connectivity index (χ1v) is 17.6. The van der Waals surface area contributed by atoms with Crippen molar-refractivity contribution in [2.24, 2.45) is 11.8 Å². The topological polar surface area (TPSA) is 171 Å². The number of methoxy groups -OCH3 is 2. The van der Waals surface area contributed by atoms with E-state index in [1.165, 1.54) is 25.6 Å². The summed E-state index contributed by atoms with van der Waals surface area (Å²) >= 11 is 1.52. The minimum absolute atomic E-state index is 0.0933. The molecular weight excluding hydrogens is 660 g/mol. The standard InChI is InChI=1S/C36H50N6O7S/c1-7-23(3)31(39-35(46)48-5)33(44)38-28(18-25-12-10-9-11-13-25)29(43)21-42(41-34(45)32(24(4)8-2)40-36(47)49-6)20-26-14-16-27(17-15-26)30-19-37-22-50-30/h9-17,19,22-24,28-29,31-32,43H,7-8,18,20-21H2,1-6H3,(H,38,44)(H,39,46)(H,40,47)(H,41,45)/t23-,24-,28-,29-,31-,32-/m0/s1. The van der Waals surface area contributed by atoms with E-state index in [2.05, 4.69) is 26.4 Å². The first kappa shape index (κ1) is 39.9. The number of hydrazine groups is 1. The molecule has 0 saturated carbocycles. The van der Waals surface area contributed by atoms with Gasteiger partial charge in [0.1, 0.15) is 12.1 Å². The number of carbonyl (C=O) groups excluding carboxylic acids is 4. The van der Waals surface area contributed by atoms with Gasteiger partial charge in [-0.05, 0) is 34.9 Å². The van der Waals surface area contributed by atoms with E-state index in [9.17, 15) is 24.3 Å². The zero-order valence-electron chi connectivity index (χ0n) is 29.5. The quantitative estimate of drug-likeness (QED) is 0.121. The Labute approximate surface area is 298 Å². The van der Waals surface area contributed by atoms with Gasteiger partial charge in [0.2, 0.25) is 5.91 Å². The number of benzene rings is 2. The SMILES string of the molecule is CC[C@H](C)[C@H](NC(=O)OC)C(=O)N[C@@H](Cc1ccccc1)[C@@H](O)CN(Cc1ccc(-c2cncs2)cc1)NC(=O)[C@@H](NC(=O)OC)[C@@H](C)CC. The van der Waals surface area contributed by atoms with Gasteiger partial charge in [-0.15, -0.1) is 11.3 Å². The van der Waals surface area contributed by atoms with Gasteiger partial charge in [-0.1, -0.05) is 95.1 Å². The monoisotopic (exact) mass is 710 g/mol. The molecular formula is C36H50N6O7S. The molecule has 0 radical (unpaired) electrons. The van der Waals surface area contributed by atoms with Crippen LogP contribution in [0.5, 0.6) is 0 Å². The number of thiazole rings is 1. The summed E-state index contributed by atoms with van der Waals surface area (Å²) < 4.78 is 9.53. The van der Waals surface area contributed by atoms with Crippen molar-refractivity contribution >= 4 is 35.3 Å². The average Bonchev–Trinajstić information content (AvgIpc) is 3.67. The number of ether oxygens (including phenoxy) is 2. The third kappa shape index (κ3) is 12.1. The molecule has 4 amide bonds. The number of nitrogens with zero attached hydrogens (tertiary/aromatic N) is 2. The summed E-state index contributed by atoms with van der Waals surface area (Å²) in [6.45, 7) is 7.61. The van der Waals surface area contributed by atoms with Gasteiger partial charge in [-0.2, -0.15) is 0 Å². The molecule has 0 fully saturated rings. The molecule has 1 heterocycles. The molecule has 3 aromatic rings. The van der Waals surface area contributed by atoms with Crippen LogP contribution in [0.15, 0.2) is 66.3 Å². The maximum Gasteiger partial charge on any atom is 0.407 e. The van der Waals surface area contributed by atoms with E-state index in [0.29, 0.717) is 12.8 Å². The Balaban J connectivity index is 1.93. The van der Waals surface area contributed by atoms with Gasteiger partial charge in [-0.25, -0.2) is 14.6 Å². The Bertz CT molecular complexity index is 1490. The number of aliphatic hydroxyl groups is 1. The van der Waals surface area contributed by atoms with Crippen molar-refractivity contribution in [3.63, 3.8) is 0 Å². The van der Waals surface area contributed by atoms with Crippen LogP contribution in [0.25, 0.3) is 10.4 Å². The molecule has 1 aromatic heterocycles. The van der Waals surface area contributed by atoms with Crippen LogP contribution in [0.2, 0.25) is 0 Å². The van der Waals surface area contributed by atoms with Gasteiger partial charge < -0.3 is 30.5 Å². The molecule has 2 aromatic carbocycles. The predicted molar refractivity (Wildman–Crippen MR) is 192 cm³/mol. The first-order chi connectivity index (χ1) is 24.0. The van der Waals surface area contributed by atoms with Crippen molar-refractivity contribution in [2.45, 2.75) is 77.7 Å². The number of hydrogen-bond donors (Lipinski definition) is 5. The van der Waals surface area contributed by atoms with Crippen molar-refractivity contribution in [3.05, 3.63) is 77.4 Å². The second-order valence-corrected chi connectivity index (χ2v) is 13.2. The summed E-state index contributed by atoms with van der Waals surface area (Å²) in [4.78, 5) is 56.9. The van der Waals surface area contributed by atoms with Crippen molar-refractivity contribution in [2.75, 3.05) is 20.8 Å². The smallest absolute Gasteiger partial charge is 0.407 e. The van der Waals surface area contributed by atoms with Crippen LogP contribution in [0.3, 0.4) is 0 Å². The van der Waals surface area contributed by atoms with Crippen molar-refractivity contribution in [1.29, 1.82) is 0 Å². The van der Waals surface area contributed by atoms with Crippen molar-refractivity contribution < 1.29 is 33.8 Å². The fraction of sp³-hybridized carbons (Fsp3) is 0.472. The molecule has 0 bridgehead atoms. The molecule has 0 aliphatic heterocycles. The zero-order valence-corrected chi connectivity index (χ0v) is 30.4. The highest BCUT2D eigenvalue weighted by molar-refractivity contribution is 7.13. The van der Waals surface area contributed by atoms with Crippen LogP contribution in [-0.4, -0.2) is 84.1 Å². The fourth-order valence-corrected chi connectivity index (χ4v) is 5.91. The van der Waals surface area contributed by atoms with Crippen LogP contribution in [0.4, 0.5) is 9.59 Å². The maximum atomic E-state index is 13.7. The largest absolute Gasteiger partial charge is 0.453 e. The second kappa shape index (κ2) is 20.2. The molecule has 0 unspecified atom stereocenters. The van der Waals surface area contributed by atoms with Gasteiger partial charge in [-0.3, -0.25) is 20.0 Å². The molecule has 14 heteroatoms. The number of rotatable bonds is 18. The summed E-state index contributed by atoms with van der Waals surface area (Å²) in [5, 5.41) is 21.6. The Kier molecular flexibility index (Phi) is 16.1. The number of aliphatic hydroxyl groups excluding tert-OH is 1. The number of aromatic nitrogens is 1. The predicted octanol–water partition coefficient (Wildman–Crippen LogP) is 4.27. The Hall–Kier alpha value is -4.53. The van der Waals surface area contributed by atoms with E-state index in [4.69, 9.17) is 9.47 Å². The molecule has 272 valence electrons. The van der Waals surface area contributed by atoms with Crippen LogP contribution < -0.4 is 21.4 Å². The van der Waals surface area contributed by atoms with Gasteiger partial charge in [0.05, 0.1) is 36.8 Å². The minimum atomic E-state index is -1.19. The lowest BCUT2D eigenvalue weighted by Crippen LogP contribution is -2.59. The summed E-state index contributed by atoms with van der Waals surface area (Å²) in [6.07, 6.45) is 0.597. The molecule has 50 heavy (non-hydrogen) atoms. The molecule has 13 nitrogen and oxygen atoms in total. The summed E-state index contributed by atoms with van der Waals surface area (Å²) in [7, 11) is 2.46. The summed E-state index contributed by atoms with van der Waals surface area (Å²) in [5.74, 6) is -1.42. The molecule has 0 spiro atoms. The van der Waals surface area contributed by atoms with E-state index in [0.717, 1.165) is 21.6 Å². The Morgan fingerprint density at radius 1 is 0.820 bits per heavy atom. The van der Waals surface area contributed by atoms with Crippen LogP contribution >= 0.6 is 11.3 Å². The summed E-state index contributed by atoms with van der Waals surface area (Å²) in [5.41, 5.74) is 7.37. The average molecular weight is 711 g/mol. The van der Waals surface area contributed by atoms with Crippen LogP contribution in [0, 0.1) is 11.8 Å². The molecule has 3 rings (SSSR count). The highest BCUT2D eigenvalue weighted by atomic mass is 32.1. The van der Waals surface area contributed by atoms with E-state index in [-0.39, 0.29) is 31.3 Å². The zero-order chi connectivity index (χ0) is 36.6. The number of hydrogen-bond acceptors (Lipinski definition) is 10. The van der Waals surface area contributed by atoms with Gasteiger partial charge in [0.25, 0.3) is 5.91 Å². The Morgan fingerprint density at radius 3 is 1.92 bits per heavy atom. The van der Waals surface area contributed by atoms with E-state index in [1.54, 1.807) is 16.7 Å². The van der Waals surface area contributed by atoms with E-state index >= 15 is 0 Å². The third-order valence-electron chi connectivity index (χ3n) is 8.72. The lowest BCUT2D eigenvalue weighted by molar-refractivity contribution is -0.131. The molecule has 6 atom stereocenters. The maximum absolute atomic E-state index is 13.7. The minimum Gasteiger partial charge on any atom is -0.453 e. The lowest BCUT2D eigenvalue weighted by Gasteiger charge is -2.33. The second-order valence-electron chi connectivity index (χ2n) is 12.3. The molecule has 0 aliphatic rings. The van der Waals surface area contributed by atoms with Crippen molar-refractivity contribution in [1.82, 2.24) is 31.4 Å². The lowest BCUT2D eigenvalue weighted by atomic mass is 9.96. The van der Waals surface area contributed by atoms with Gasteiger partial charge in [0.15, 0.2) is 0 Å². The number of carbonyl (C=O) groups is 4. The fourth-order valence-electron chi connectivity index (χ4n) is 5.28. The highest BCUT2D eigenvalue weighted by Gasteiger charge is 2.33. The number of nitrogens with one attached hydrogen (secondary N) is 4. The summed E-state index contributed by atoms with van der Waals surface area (Å²) in [6, 6.07) is 14.5. The highest BCUT2D eigenvalue weighted by Crippen LogP contribution is 2.24.